The molecule has 1 aromatic heterocycles. The van der Waals surface area contributed by atoms with Gasteiger partial charge >= 0.3 is 11.8 Å². The minimum Gasteiger partial charge on any atom is -0.493 e. The Hall–Kier alpha value is -3.10. The van der Waals surface area contributed by atoms with Crippen LogP contribution in [0.2, 0.25) is 0 Å². The molecule has 1 fully saturated rings. The molecule has 0 spiro atoms. The first-order valence-corrected chi connectivity index (χ1v) is 8.21. The van der Waals surface area contributed by atoms with Crippen molar-refractivity contribution < 1.29 is 23.5 Å². The van der Waals surface area contributed by atoms with Crippen LogP contribution in [0.3, 0.4) is 0 Å². The number of carbonyl (C=O) groups excluding carboxylic acids is 2. The average molecular weight is 360 g/mol. The summed E-state index contributed by atoms with van der Waals surface area (Å²) >= 11 is 0. The average Bonchev–Trinajstić information content (AvgIpc) is 3.12. The number of rotatable bonds is 5. The van der Waals surface area contributed by atoms with Crippen molar-refractivity contribution in [2.45, 2.75) is 6.92 Å². The molecular weight excluding hydrogens is 340 g/mol. The molecule has 1 aliphatic rings. The predicted octanol–water partition coefficient (Wildman–Crippen LogP) is 0.750. The Morgan fingerprint density at radius 3 is 2.35 bits per heavy atom. The molecular formula is C17H20N4O5. The molecule has 0 bridgehead atoms. The molecule has 0 aliphatic carbocycles. The van der Waals surface area contributed by atoms with E-state index in [1.807, 2.05) is 12.1 Å². The molecule has 138 valence electrons. The van der Waals surface area contributed by atoms with Crippen molar-refractivity contribution in [2.24, 2.45) is 0 Å². The van der Waals surface area contributed by atoms with E-state index in [0.29, 0.717) is 43.6 Å². The fourth-order valence-electron chi connectivity index (χ4n) is 2.65. The number of hydrogen-bond acceptors (Lipinski definition) is 7. The fourth-order valence-corrected chi connectivity index (χ4v) is 2.65. The number of aryl methyl sites for hydroxylation is 1. The molecule has 0 saturated carbocycles. The van der Waals surface area contributed by atoms with Gasteiger partial charge in [-0.25, -0.2) is 0 Å². The Kier molecular flexibility index (Phi) is 5.35. The Balaban J connectivity index is 1.50. The van der Waals surface area contributed by atoms with Gasteiger partial charge in [0.05, 0.1) is 7.11 Å². The molecule has 1 aromatic carbocycles. The summed E-state index contributed by atoms with van der Waals surface area (Å²) < 4.78 is 15.9. The van der Waals surface area contributed by atoms with Crippen LogP contribution in [0.25, 0.3) is 0 Å². The number of aromatic nitrogens is 2. The largest absolute Gasteiger partial charge is 0.493 e. The normalized spacial score (nSPS) is 14.2. The van der Waals surface area contributed by atoms with Gasteiger partial charge in [0.25, 0.3) is 5.91 Å². The second-order valence-electron chi connectivity index (χ2n) is 5.74. The highest BCUT2D eigenvalue weighted by atomic mass is 16.5. The van der Waals surface area contributed by atoms with Gasteiger partial charge < -0.3 is 23.7 Å². The van der Waals surface area contributed by atoms with E-state index in [2.05, 4.69) is 10.2 Å². The van der Waals surface area contributed by atoms with E-state index in [0.717, 1.165) is 0 Å². The highest BCUT2D eigenvalue weighted by Gasteiger charge is 2.27. The standard InChI is InChI=1S/C17H20N4O5/c1-12-18-19-16(26-12)17(23)21-9-7-20(8-10-21)15(22)11-25-14-6-4-3-5-13(14)24-2/h3-6H,7-11H2,1-2H3. The van der Waals surface area contributed by atoms with Gasteiger partial charge in [0.15, 0.2) is 18.1 Å². The van der Waals surface area contributed by atoms with Gasteiger partial charge in [-0.15, -0.1) is 10.2 Å². The number of para-hydroxylation sites is 2. The molecule has 0 radical (unpaired) electrons. The number of carbonyl (C=O) groups is 2. The van der Waals surface area contributed by atoms with Crippen molar-refractivity contribution in [3.8, 4) is 11.5 Å². The third kappa shape index (κ3) is 3.93. The maximum atomic E-state index is 12.3. The van der Waals surface area contributed by atoms with Gasteiger partial charge in [-0.1, -0.05) is 12.1 Å². The van der Waals surface area contributed by atoms with E-state index < -0.39 is 0 Å². The quantitative estimate of drug-likeness (QED) is 0.776. The van der Waals surface area contributed by atoms with Gasteiger partial charge in [-0.3, -0.25) is 9.59 Å². The Bertz CT molecular complexity index is 783. The van der Waals surface area contributed by atoms with Crippen LogP contribution in [0.4, 0.5) is 0 Å². The first-order chi connectivity index (χ1) is 12.6. The Morgan fingerprint density at radius 1 is 1.08 bits per heavy atom. The summed E-state index contributed by atoms with van der Waals surface area (Å²) in [5.74, 6) is 0.950. The molecule has 2 aromatic rings. The van der Waals surface area contributed by atoms with Crippen molar-refractivity contribution in [1.29, 1.82) is 0 Å². The van der Waals surface area contributed by atoms with Crippen LogP contribution in [-0.2, 0) is 4.79 Å². The second kappa shape index (κ2) is 7.85. The topological polar surface area (TPSA) is 98.0 Å². The van der Waals surface area contributed by atoms with Crippen molar-refractivity contribution >= 4 is 11.8 Å². The number of methoxy groups -OCH3 is 1. The van der Waals surface area contributed by atoms with Crippen LogP contribution >= 0.6 is 0 Å². The summed E-state index contributed by atoms with van der Waals surface area (Å²) in [4.78, 5) is 27.9. The summed E-state index contributed by atoms with van der Waals surface area (Å²) in [5, 5.41) is 7.39. The third-order valence-corrected chi connectivity index (χ3v) is 4.05. The SMILES string of the molecule is COc1ccccc1OCC(=O)N1CCN(C(=O)c2nnc(C)o2)CC1. The van der Waals surface area contributed by atoms with E-state index in [4.69, 9.17) is 13.9 Å². The maximum absolute atomic E-state index is 12.3. The molecule has 2 amide bonds. The lowest BCUT2D eigenvalue weighted by Gasteiger charge is -2.34. The van der Waals surface area contributed by atoms with Crippen LogP contribution in [-0.4, -0.2) is 71.7 Å². The van der Waals surface area contributed by atoms with Gasteiger partial charge in [-0.05, 0) is 12.1 Å². The molecule has 0 atom stereocenters. The minimum atomic E-state index is -0.317. The highest BCUT2D eigenvalue weighted by molar-refractivity contribution is 5.89. The molecule has 1 aliphatic heterocycles. The fraction of sp³-hybridized carbons (Fsp3) is 0.412. The Labute approximate surface area is 150 Å². The molecule has 26 heavy (non-hydrogen) atoms. The first kappa shape index (κ1) is 17.7. The zero-order chi connectivity index (χ0) is 18.5. The summed E-state index contributed by atoms with van der Waals surface area (Å²) in [5.41, 5.74) is 0. The van der Waals surface area contributed by atoms with E-state index >= 15 is 0 Å². The van der Waals surface area contributed by atoms with Crippen LogP contribution in [0.15, 0.2) is 28.7 Å². The number of amides is 2. The second-order valence-corrected chi connectivity index (χ2v) is 5.74. The molecule has 2 heterocycles. The number of hydrogen-bond donors (Lipinski definition) is 0. The lowest BCUT2D eigenvalue weighted by Crippen LogP contribution is -2.51. The molecule has 1 saturated heterocycles. The third-order valence-electron chi connectivity index (χ3n) is 4.05. The molecule has 3 rings (SSSR count). The molecule has 9 nitrogen and oxygen atoms in total. The van der Waals surface area contributed by atoms with Gasteiger partial charge in [-0.2, -0.15) is 0 Å². The van der Waals surface area contributed by atoms with Crippen LogP contribution in [0.5, 0.6) is 11.5 Å². The van der Waals surface area contributed by atoms with Gasteiger partial charge in [0, 0.05) is 33.1 Å². The molecule has 0 N–H and O–H groups in total. The number of ether oxygens (including phenoxy) is 2. The van der Waals surface area contributed by atoms with Crippen LogP contribution in [0, 0.1) is 6.92 Å². The number of piperazine rings is 1. The maximum Gasteiger partial charge on any atom is 0.311 e. The zero-order valence-electron chi connectivity index (χ0n) is 14.7. The van der Waals surface area contributed by atoms with E-state index in [1.165, 1.54) is 0 Å². The summed E-state index contributed by atoms with van der Waals surface area (Å²) in [7, 11) is 1.55. The lowest BCUT2D eigenvalue weighted by molar-refractivity contribution is -0.134. The Morgan fingerprint density at radius 2 is 1.73 bits per heavy atom. The highest BCUT2D eigenvalue weighted by Crippen LogP contribution is 2.25. The van der Waals surface area contributed by atoms with Crippen molar-refractivity contribution in [2.75, 3.05) is 39.9 Å². The van der Waals surface area contributed by atoms with Crippen LogP contribution in [0.1, 0.15) is 16.6 Å². The summed E-state index contributed by atoms with van der Waals surface area (Å²) in [6.07, 6.45) is 0. The molecule has 0 unspecified atom stereocenters. The summed E-state index contributed by atoms with van der Waals surface area (Å²) in [6, 6.07) is 7.15. The predicted molar refractivity (Wildman–Crippen MR) is 90.0 cm³/mol. The van der Waals surface area contributed by atoms with Crippen molar-refractivity contribution in [3.05, 3.63) is 36.0 Å². The number of benzene rings is 1. The van der Waals surface area contributed by atoms with Crippen molar-refractivity contribution in [3.63, 3.8) is 0 Å². The first-order valence-electron chi connectivity index (χ1n) is 8.21. The molecule has 9 heteroatoms. The van der Waals surface area contributed by atoms with Crippen molar-refractivity contribution in [1.82, 2.24) is 20.0 Å². The summed E-state index contributed by atoms with van der Waals surface area (Å²) in [6.45, 7) is 3.20. The van der Waals surface area contributed by atoms with E-state index in [1.54, 1.807) is 36.0 Å². The van der Waals surface area contributed by atoms with E-state index in [9.17, 15) is 9.59 Å². The van der Waals surface area contributed by atoms with Gasteiger partial charge in [0.2, 0.25) is 5.89 Å². The minimum absolute atomic E-state index is 0.0261. The monoisotopic (exact) mass is 360 g/mol. The van der Waals surface area contributed by atoms with Crippen LogP contribution < -0.4 is 9.47 Å². The van der Waals surface area contributed by atoms with E-state index in [-0.39, 0.29) is 24.3 Å². The smallest absolute Gasteiger partial charge is 0.311 e. The number of nitrogens with zero attached hydrogens (tertiary/aromatic N) is 4. The van der Waals surface area contributed by atoms with Gasteiger partial charge in [0.1, 0.15) is 0 Å². The lowest BCUT2D eigenvalue weighted by atomic mass is 10.3. The zero-order valence-corrected chi connectivity index (χ0v) is 14.7.